The van der Waals surface area contributed by atoms with Gasteiger partial charge >= 0.3 is 5.97 Å². The molecule has 1 heterocycles. The first kappa shape index (κ1) is 24.2. The Bertz CT molecular complexity index is 855. The minimum atomic E-state index is -0.759. The Hall–Kier alpha value is -1.40. The maximum absolute atomic E-state index is 11.1. The normalized spacial score (nSPS) is 27.4. The summed E-state index contributed by atoms with van der Waals surface area (Å²) in [5, 5.41) is 30.2. The summed E-state index contributed by atoms with van der Waals surface area (Å²) >= 11 is 7.73. The fraction of sp³-hybridized carbons (Fsp3) is 0.560. The fourth-order valence-electron chi connectivity index (χ4n) is 4.88. The molecular formula is C25H33ClO4S. The minimum Gasteiger partial charge on any atom is -0.481 e. The van der Waals surface area contributed by atoms with Crippen molar-refractivity contribution in [1.82, 2.24) is 0 Å². The summed E-state index contributed by atoms with van der Waals surface area (Å²) in [4.78, 5) is 11.7. The van der Waals surface area contributed by atoms with Crippen LogP contribution in [-0.4, -0.2) is 33.5 Å². The Kier molecular flexibility index (Phi) is 8.57. The zero-order valence-corrected chi connectivity index (χ0v) is 19.7. The molecule has 4 nitrogen and oxygen atoms in total. The Morgan fingerprint density at radius 2 is 2.13 bits per heavy atom. The van der Waals surface area contributed by atoms with E-state index in [9.17, 15) is 15.0 Å². The summed E-state index contributed by atoms with van der Waals surface area (Å²) in [6, 6.07) is 3.97. The largest absolute Gasteiger partial charge is 0.481 e. The average Bonchev–Trinajstić information content (AvgIpc) is 3.30. The summed E-state index contributed by atoms with van der Waals surface area (Å²) in [5.74, 6) is -0.339. The van der Waals surface area contributed by atoms with Gasteiger partial charge in [0.15, 0.2) is 0 Å². The molecule has 0 bridgehead atoms. The van der Waals surface area contributed by atoms with E-state index in [1.54, 1.807) is 11.3 Å². The standard InChI is InChI=1S/C25H33ClO4S/c1-17-15-16-25(17,22-13-14-23(26)31-22)21(28)9-6-8-19-18(11-12-20(19)27)7-4-2-3-5-10-24(29)30/h2,4,6,8,13-14,17,20-21,27-28H,3,5,7,9-12,15-16H2,1H3,(H,29,30)/b4-2-,8-6+/t17-,20-,21?,25-/m1/s1. The molecule has 1 unspecified atom stereocenters. The van der Waals surface area contributed by atoms with Crippen LogP contribution in [0.4, 0.5) is 0 Å². The predicted octanol–water partition coefficient (Wildman–Crippen LogP) is 6.03. The van der Waals surface area contributed by atoms with Crippen molar-refractivity contribution < 1.29 is 20.1 Å². The van der Waals surface area contributed by atoms with Crippen LogP contribution in [0.2, 0.25) is 4.34 Å². The number of carbonyl (C=O) groups is 1. The van der Waals surface area contributed by atoms with E-state index >= 15 is 0 Å². The first-order chi connectivity index (χ1) is 14.8. The molecule has 1 fully saturated rings. The van der Waals surface area contributed by atoms with Gasteiger partial charge in [0.05, 0.1) is 16.5 Å². The Morgan fingerprint density at radius 1 is 1.32 bits per heavy atom. The summed E-state index contributed by atoms with van der Waals surface area (Å²) in [7, 11) is 0. The van der Waals surface area contributed by atoms with Crippen molar-refractivity contribution in [2.75, 3.05) is 0 Å². The second-order valence-corrected chi connectivity index (χ2v) is 10.5. The Labute approximate surface area is 194 Å². The highest BCUT2D eigenvalue weighted by Gasteiger charge is 2.51. The SMILES string of the molecule is C[C@@H]1CC[C@]1(c1ccc(Cl)s1)C(O)C/C=C/C1=C(C/C=C\CCCC(=O)O)CC[C@H]1O. The third-order valence-electron chi connectivity index (χ3n) is 6.93. The topological polar surface area (TPSA) is 77.8 Å². The molecule has 2 aliphatic rings. The molecule has 0 spiro atoms. The van der Waals surface area contributed by atoms with Crippen LogP contribution in [0.5, 0.6) is 0 Å². The number of carboxylic acid groups (broad SMARTS) is 1. The van der Waals surface area contributed by atoms with Gasteiger partial charge in [0.2, 0.25) is 0 Å². The number of thiophene rings is 1. The minimum absolute atomic E-state index is 0.194. The van der Waals surface area contributed by atoms with Crippen molar-refractivity contribution in [3.63, 3.8) is 0 Å². The van der Waals surface area contributed by atoms with Crippen LogP contribution in [0.1, 0.15) is 69.6 Å². The lowest BCUT2D eigenvalue weighted by atomic mass is 9.56. The van der Waals surface area contributed by atoms with Crippen molar-refractivity contribution in [1.29, 1.82) is 0 Å². The van der Waals surface area contributed by atoms with E-state index in [0.29, 0.717) is 18.8 Å². The number of carboxylic acids is 1. The van der Waals surface area contributed by atoms with Gasteiger partial charge < -0.3 is 15.3 Å². The van der Waals surface area contributed by atoms with E-state index in [1.165, 1.54) is 10.5 Å². The van der Waals surface area contributed by atoms with Crippen LogP contribution in [0.3, 0.4) is 0 Å². The van der Waals surface area contributed by atoms with E-state index in [2.05, 4.69) is 19.1 Å². The molecule has 0 aromatic carbocycles. The van der Waals surface area contributed by atoms with Crippen LogP contribution in [0.15, 0.2) is 47.6 Å². The molecule has 6 heteroatoms. The van der Waals surface area contributed by atoms with Crippen LogP contribution >= 0.6 is 22.9 Å². The Morgan fingerprint density at radius 3 is 2.74 bits per heavy atom. The molecule has 3 rings (SSSR count). The number of aliphatic carboxylic acids is 1. The zero-order valence-electron chi connectivity index (χ0n) is 18.1. The lowest BCUT2D eigenvalue weighted by molar-refractivity contribution is -0.137. The van der Waals surface area contributed by atoms with Crippen molar-refractivity contribution >= 4 is 28.9 Å². The van der Waals surface area contributed by atoms with Crippen LogP contribution < -0.4 is 0 Å². The van der Waals surface area contributed by atoms with E-state index < -0.39 is 18.2 Å². The highest BCUT2D eigenvalue weighted by atomic mass is 35.5. The second kappa shape index (κ2) is 11.0. The summed E-state index contributed by atoms with van der Waals surface area (Å²) in [5.41, 5.74) is 1.98. The van der Waals surface area contributed by atoms with Gasteiger partial charge in [-0.25, -0.2) is 0 Å². The quantitative estimate of drug-likeness (QED) is 0.276. The van der Waals surface area contributed by atoms with Crippen molar-refractivity contribution in [3.8, 4) is 0 Å². The lowest BCUT2D eigenvalue weighted by Gasteiger charge is -2.50. The van der Waals surface area contributed by atoms with Crippen molar-refractivity contribution in [2.24, 2.45) is 5.92 Å². The molecule has 3 N–H and O–H groups in total. The maximum atomic E-state index is 11.1. The van der Waals surface area contributed by atoms with Crippen LogP contribution in [-0.2, 0) is 10.2 Å². The van der Waals surface area contributed by atoms with Crippen LogP contribution in [0.25, 0.3) is 0 Å². The van der Waals surface area contributed by atoms with Gasteiger partial charge in [0.1, 0.15) is 0 Å². The number of hydrogen-bond donors (Lipinski definition) is 3. The molecule has 0 aliphatic heterocycles. The van der Waals surface area contributed by atoms with Crippen LogP contribution in [0, 0.1) is 5.92 Å². The molecule has 0 amide bonds. The third-order valence-corrected chi connectivity index (χ3v) is 8.36. The number of halogens is 1. The summed E-state index contributed by atoms with van der Waals surface area (Å²) in [6.45, 7) is 2.20. The van der Waals surface area contributed by atoms with E-state index in [-0.39, 0.29) is 11.8 Å². The first-order valence-electron chi connectivity index (χ1n) is 11.2. The number of allylic oxidation sites excluding steroid dienone is 3. The molecule has 4 atom stereocenters. The monoisotopic (exact) mass is 464 g/mol. The molecule has 0 radical (unpaired) electrons. The first-order valence-corrected chi connectivity index (χ1v) is 12.4. The van der Waals surface area contributed by atoms with Gasteiger partial charge in [-0.2, -0.15) is 0 Å². The van der Waals surface area contributed by atoms with E-state index in [4.69, 9.17) is 16.7 Å². The summed E-state index contributed by atoms with van der Waals surface area (Å²) < 4.78 is 0.760. The Balaban J connectivity index is 1.60. The van der Waals surface area contributed by atoms with E-state index in [1.807, 2.05) is 24.3 Å². The average molecular weight is 465 g/mol. The number of hydrogen-bond acceptors (Lipinski definition) is 4. The number of unbranched alkanes of at least 4 members (excludes halogenated alkanes) is 1. The van der Waals surface area contributed by atoms with Crippen molar-refractivity contribution in [2.45, 2.75) is 82.3 Å². The third kappa shape index (κ3) is 5.70. The zero-order chi connectivity index (χ0) is 22.4. The molecule has 2 aliphatic carbocycles. The molecule has 1 aromatic heterocycles. The van der Waals surface area contributed by atoms with Gasteiger partial charge in [-0.3, -0.25) is 4.79 Å². The lowest BCUT2D eigenvalue weighted by Crippen LogP contribution is -2.51. The van der Waals surface area contributed by atoms with Gasteiger partial charge in [0, 0.05) is 16.7 Å². The van der Waals surface area contributed by atoms with E-state index in [0.717, 1.165) is 48.4 Å². The highest BCUT2D eigenvalue weighted by Crippen LogP contribution is 2.54. The van der Waals surface area contributed by atoms with Gasteiger partial charge in [-0.1, -0.05) is 48.4 Å². The van der Waals surface area contributed by atoms with Gasteiger partial charge in [0.25, 0.3) is 0 Å². The molecule has 31 heavy (non-hydrogen) atoms. The van der Waals surface area contributed by atoms with Gasteiger partial charge in [-0.05, 0) is 75.0 Å². The molecule has 1 saturated carbocycles. The van der Waals surface area contributed by atoms with Crippen molar-refractivity contribution in [3.05, 3.63) is 56.8 Å². The molecule has 1 aromatic rings. The number of aliphatic hydroxyl groups excluding tert-OH is 2. The highest BCUT2D eigenvalue weighted by molar-refractivity contribution is 7.16. The molecule has 170 valence electrons. The second-order valence-electron chi connectivity index (χ2n) is 8.81. The predicted molar refractivity (Wildman–Crippen MR) is 127 cm³/mol. The summed E-state index contributed by atoms with van der Waals surface area (Å²) in [6.07, 6.45) is 13.8. The number of aliphatic hydroxyl groups is 2. The fourth-order valence-corrected chi connectivity index (χ4v) is 6.30. The molecule has 0 saturated heterocycles. The maximum Gasteiger partial charge on any atom is 0.303 e. The van der Waals surface area contributed by atoms with Gasteiger partial charge in [-0.15, -0.1) is 11.3 Å². The number of rotatable bonds is 11. The molecular weight excluding hydrogens is 432 g/mol. The smallest absolute Gasteiger partial charge is 0.303 e.